The highest BCUT2D eigenvalue weighted by atomic mass is 16.5. The van der Waals surface area contributed by atoms with Crippen molar-refractivity contribution in [2.24, 2.45) is 0 Å². The molecule has 1 atom stereocenters. The van der Waals surface area contributed by atoms with Gasteiger partial charge in [-0.1, -0.05) is 19.4 Å². The lowest BCUT2D eigenvalue weighted by molar-refractivity contribution is -0.135. The zero-order chi connectivity index (χ0) is 21.7. The van der Waals surface area contributed by atoms with Crippen molar-refractivity contribution in [2.45, 2.75) is 52.5 Å². The van der Waals surface area contributed by atoms with Crippen molar-refractivity contribution < 1.29 is 19.0 Å². The molecule has 0 spiro atoms. The smallest absolute Gasteiger partial charge is 0.223 e. The molecule has 2 aromatic rings. The Morgan fingerprint density at radius 3 is 2.33 bits per heavy atom. The molecule has 0 unspecified atom stereocenters. The maximum atomic E-state index is 13.0. The molecule has 0 radical (unpaired) electrons. The molecule has 0 saturated carbocycles. The van der Waals surface area contributed by atoms with Crippen LogP contribution in [-0.4, -0.2) is 38.2 Å². The summed E-state index contributed by atoms with van der Waals surface area (Å²) in [6.45, 7) is 7.33. The fraction of sp³-hybridized carbons (Fsp3) is 0.480. The Morgan fingerprint density at radius 2 is 1.70 bits per heavy atom. The van der Waals surface area contributed by atoms with Gasteiger partial charge in [0.2, 0.25) is 5.91 Å². The molecule has 0 bridgehead atoms. The monoisotopic (exact) mass is 411 g/mol. The van der Waals surface area contributed by atoms with Gasteiger partial charge in [-0.2, -0.15) is 0 Å². The lowest BCUT2D eigenvalue weighted by atomic mass is 9.91. The van der Waals surface area contributed by atoms with Crippen LogP contribution in [0, 0.1) is 13.8 Å². The topological polar surface area (TPSA) is 48.0 Å². The fourth-order valence-corrected chi connectivity index (χ4v) is 4.17. The number of ether oxygens (including phenoxy) is 3. The van der Waals surface area contributed by atoms with Crippen LogP contribution >= 0.6 is 0 Å². The second kappa shape index (κ2) is 9.88. The molecule has 1 aliphatic rings. The van der Waals surface area contributed by atoms with Crippen molar-refractivity contribution in [3.05, 3.63) is 52.6 Å². The lowest BCUT2D eigenvalue weighted by Gasteiger charge is -2.37. The second-order valence-electron chi connectivity index (χ2n) is 8.00. The van der Waals surface area contributed by atoms with Crippen LogP contribution in [0.25, 0.3) is 0 Å². The predicted molar refractivity (Wildman–Crippen MR) is 119 cm³/mol. The largest absolute Gasteiger partial charge is 0.493 e. The molecule has 3 rings (SSSR count). The minimum atomic E-state index is -0.154. The summed E-state index contributed by atoms with van der Waals surface area (Å²) in [5, 5.41) is 0. The first-order valence-electron chi connectivity index (χ1n) is 10.7. The maximum Gasteiger partial charge on any atom is 0.223 e. The summed E-state index contributed by atoms with van der Waals surface area (Å²) in [6, 6.07) is 10.1. The average Bonchev–Trinajstić information content (AvgIpc) is 2.73. The summed E-state index contributed by atoms with van der Waals surface area (Å²) in [5.74, 6) is 2.42. The van der Waals surface area contributed by atoms with Gasteiger partial charge in [0.25, 0.3) is 0 Å². The van der Waals surface area contributed by atoms with E-state index in [9.17, 15) is 4.79 Å². The first-order valence-corrected chi connectivity index (χ1v) is 10.7. The van der Waals surface area contributed by atoms with Crippen LogP contribution in [0.4, 0.5) is 0 Å². The Balaban J connectivity index is 1.93. The lowest BCUT2D eigenvalue weighted by Crippen LogP contribution is -2.42. The molecule has 0 N–H and O–H groups in total. The number of carbonyl (C=O) groups is 1. The summed E-state index contributed by atoms with van der Waals surface area (Å²) < 4.78 is 17.2. The number of aryl methyl sites for hydroxylation is 2. The van der Waals surface area contributed by atoms with Crippen LogP contribution < -0.4 is 14.2 Å². The van der Waals surface area contributed by atoms with E-state index in [1.807, 2.05) is 29.2 Å². The second-order valence-corrected chi connectivity index (χ2v) is 8.00. The number of hydrogen-bond donors (Lipinski definition) is 0. The average molecular weight is 412 g/mol. The first kappa shape index (κ1) is 22.0. The van der Waals surface area contributed by atoms with E-state index >= 15 is 0 Å². The van der Waals surface area contributed by atoms with Crippen LogP contribution in [0.15, 0.2) is 30.3 Å². The standard InChI is InChI=1S/C25H33NO4/c1-6-7-8-25(27)26-10-9-19-14-23(28-4)24(29-5)15-21(19)22(26)16-30-20-12-17(2)11-18(3)13-20/h11-15,22H,6-10,16H2,1-5H3/t22-/m0/s1. The van der Waals surface area contributed by atoms with Crippen LogP contribution in [0.5, 0.6) is 17.2 Å². The van der Waals surface area contributed by atoms with Gasteiger partial charge in [0.05, 0.1) is 20.3 Å². The van der Waals surface area contributed by atoms with Crippen molar-refractivity contribution in [2.75, 3.05) is 27.4 Å². The van der Waals surface area contributed by atoms with E-state index in [1.54, 1.807) is 14.2 Å². The molecule has 0 aromatic heterocycles. The molecule has 162 valence electrons. The normalized spacial score (nSPS) is 15.5. The van der Waals surface area contributed by atoms with Gasteiger partial charge in [0.1, 0.15) is 12.4 Å². The third kappa shape index (κ3) is 4.89. The molecule has 0 aliphatic carbocycles. The zero-order valence-corrected chi connectivity index (χ0v) is 18.8. The van der Waals surface area contributed by atoms with E-state index in [1.165, 1.54) is 5.56 Å². The molecule has 5 heteroatoms. The molecule has 0 fully saturated rings. The summed E-state index contributed by atoms with van der Waals surface area (Å²) >= 11 is 0. The molecular formula is C25H33NO4. The number of fused-ring (bicyclic) bond motifs is 1. The number of benzene rings is 2. The van der Waals surface area contributed by atoms with Gasteiger partial charge in [-0.3, -0.25) is 4.79 Å². The highest BCUT2D eigenvalue weighted by Gasteiger charge is 2.32. The number of methoxy groups -OCH3 is 2. The Kier molecular flexibility index (Phi) is 7.24. The van der Waals surface area contributed by atoms with Crippen LogP contribution in [0.1, 0.15) is 54.5 Å². The number of unbranched alkanes of at least 4 members (excludes halogenated alkanes) is 1. The molecule has 30 heavy (non-hydrogen) atoms. The summed E-state index contributed by atoms with van der Waals surface area (Å²) in [5.41, 5.74) is 4.59. The van der Waals surface area contributed by atoms with Crippen LogP contribution in [0.3, 0.4) is 0 Å². The predicted octanol–water partition coefficient (Wildman–Crippen LogP) is 5.02. The van der Waals surface area contributed by atoms with Crippen LogP contribution in [-0.2, 0) is 11.2 Å². The maximum absolute atomic E-state index is 13.0. The van der Waals surface area contributed by atoms with Crippen molar-refractivity contribution in [1.29, 1.82) is 0 Å². The molecule has 1 heterocycles. The van der Waals surface area contributed by atoms with Crippen molar-refractivity contribution >= 4 is 5.91 Å². The van der Waals surface area contributed by atoms with Gasteiger partial charge in [0.15, 0.2) is 11.5 Å². The summed E-state index contributed by atoms with van der Waals surface area (Å²) in [7, 11) is 3.28. The highest BCUT2D eigenvalue weighted by Crippen LogP contribution is 2.38. The molecule has 1 amide bonds. The van der Waals surface area contributed by atoms with E-state index in [-0.39, 0.29) is 11.9 Å². The van der Waals surface area contributed by atoms with E-state index in [0.29, 0.717) is 25.3 Å². The van der Waals surface area contributed by atoms with Gasteiger partial charge in [-0.15, -0.1) is 0 Å². The molecule has 5 nitrogen and oxygen atoms in total. The Hall–Kier alpha value is -2.69. The third-order valence-corrected chi connectivity index (χ3v) is 5.67. The molecular weight excluding hydrogens is 378 g/mol. The van der Waals surface area contributed by atoms with Crippen LogP contribution in [0.2, 0.25) is 0 Å². The minimum absolute atomic E-state index is 0.154. The Labute approximate surface area is 179 Å². The SMILES string of the molecule is CCCCC(=O)N1CCc2cc(OC)c(OC)cc2[C@@H]1COc1cc(C)cc(C)c1. The number of carbonyl (C=O) groups excluding carboxylic acids is 1. The van der Waals surface area contributed by atoms with Gasteiger partial charge >= 0.3 is 0 Å². The zero-order valence-electron chi connectivity index (χ0n) is 18.8. The van der Waals surface area contributed by atoms with Gasteiger partial charge in [0, 0.05) is 13.0 Å². The Morgan fingerprint density at radius 1 is 1.03 bits per heavy atom. The van der Waals surface area contributed by atoms with Crippen molar-refractivity contribution in [3.8, 4) is 17.2 Å². The van der Waals surface area contributed by atoms with Crippen molar-refractivity contribution in [1.82, 2.24) is 4.90 Å². The first-order chi connectivity index (χ1) is 14.5. The van der Waals surface area contributed by atoms with Gasteiger partial charge in [-0.05, 0) is 73.2 Å². The van der Waals surface area contributed by atoms with E-state index < -0.39 is 0 Å². The number of nitrogens with zero attached hydrogens (tertiary/aromatic N) is 1. The minimum Gasteiger partial charge on any atom is -0.493 e. The summed E-state index contributed by atoms with van der Waals surface area (Å²) in [6.07, 6.45) is 3.27. The molecule has 1 aliphatic heterocycles. The quantitative estimate of drug-likeness (QED) is 0.612. The third-order valence-electron chi connectivity index (χ3n) is 5.67. The number of hydrogen-bond acceptors (Lipinski definition) is 4. The van der Waals surface area contributed by atoms with E-state index in [4.69, 9.17) is 14.2 Å². The fourth-order valence-electron chi connectivity index (χ4n) is 4.17. The van der Waals surface area contributed by atoms with E-state index in [0.717, 1.165) is 47.5 Å². The van der Waals surface area contributed by atoms with E-state index in [2.05, 4.69) is 26.8 Å². The van der Waals surface area contributed by atoms with Crippen molar-refractivity contribution in [3.63, 3.8) is 0 Å². The number of rotatable bonds is 8. The number of amides is 1. The van der Waals surface area contributed by atoms with Gasteiger partial charge < -0.3 is 19.1 Å². The molecule has 2 aromatic carbocycles. The Bertz CT molecular complexity index is 873. The molecule has 0 saturated heterocycles. The van der Waals surface area contributed by atoms with Gasteiger partial charge in [-0.25, -0.2) is 0 Å². The summed E-state index contributed by atoms with van der Waals surface area (Å²) in [4.78, 5) is 15.0. The highest BCUT2D eigenvalue weighted by molar-refractivity contribution is 5.77.